The van der Waals surface area contributed by atoms with Gasteiger partial charge in [-0.25, -0.2) is 9.67 Å². The van der Waals surface area contributed by atoms with Gasteiger partial charge in [0.15, 0.2) is 11.5 Å². The normalized spacial score (nSPS) is 11.7. The van der Waals surface area contributed by atoms with Crippen LogP contribution in [0, 0.1) is 12.8 Å². The highest BCUT2D eigenvalue weighted by atomic mass is 15.3. The number of rotatable bonds is 4. The highest BCUT2D eigenvalue weighted by Gasteiger charge is 2.15. The lowest BCUT2D eigenvalue weighted by atomic mass is 10.2. The molecule has 0 aliphatic carbocycles. The molecular weight excluding hydrogens is 262 g/mol. The van der Waals surface area contributed by atoms with E-state index >= 15 is 0 Å². The molecule has 5 nitrogen and oxygen atoms in total. The van der Waals surface area contributed by atoms with E-state index in [0.29, 0.717) is 5.92 Å². The zero-order chi connectivity index (χ0) is 15.0. The molecule has 0 fully saturated rings. The van der Waals surface area contributed by atoms with E-state index in [2.05, 4.69) is 41.9 Å². The number of H-pyrrole nitrogens is 1. The number of nitrogens with one attached hydrogen (secondary N) is 1. The average molecular weight is 283 g/mol. The molecule has 3 rings (SSSR count). The highest BCUT2D eigenvalue weighted by Crippen LogP contribution is 2.22. The van der Waals surface area contributed by atoms with Gasteiger partial charge in [0.05, 0.1) is 5.69 Å². The van der Waals surface area contributed by atoms with Crippen molar-refractivity contribution in [2.75, 3.05) is 0 Å². The molecule has 0 amide bonds. The van der Waals surface area contributed by atoms with E-state index in [0.717, 1.165) is 41.3 Å². The molecule has 0 radical (unpaired) electrons. The summed E-state index contributed by atoms with van der Waals surface area (Å²) in [4.78, 5) is 12.5. The Morgan fingerprint density at radius 2 is 2.10 bits per heavy atom. The van der Waals surface area contributed by atoms with Crippen molar-refractivity contribution in [2.45, 2.75) is 40.7 Å². The van der Waals surface area contributed by atoms with Crippen molar-refractivity contribution < 1.29 is 0 Å². The Bertz CT molecular complexity index is 749. The van der Waals surface area contributed by atoms with E-state index in [1.54, 1.807) is 0 Å². The van der Waals surface area contributed by atoms with Crippen LogP contribution >= 0.6 is 0 Å². The van der Waals surface area contributed by atoms with Gasteiger partial charge in [-0.1, -0.05) is 26.8 Å². The second kappa shape index (κ2) is 5.31. The van der Waals surface area contributed by atoms with E-state index < -0.39 is 0 Å². The molecule has 0 saturated carbocycles. The first-order chi connectivity index (χ1) is 10.1. The number of hydrogen-bond donors (Lipinski definition) is 1. The average Bonchev–Trinajstić information content (AvgIpc) is 3.01. The van der Waals surface area contributed by atoms with Gasteiger partial charge in [0.1, 0.15) is 11.2 Å². The number of aromatic amines is 1. The van der Waals surface area contributed by atoms with Gasteiger partial charge in [-0.05, 0) is 30.9 Å². The predicted molar refractivity (Wildman–Crippen MR) is 84.1 cm³/mol. The van der Waals surface area contributed by atoms with Crippen molar-refractivity contribution in [3.8, 4) is 11.5 Å². The smallest absolute Gasteiger partial charge is 0.177 e. The lowest BCUT2D eigenvalue weighted by molar-refractivity contribution is 0.490. The van der Waals surface area contributed by atoms with Crippen LogP contribution in [0.1, 0.15) is 32.0 Å². The fraction of sp³-hybridized carbons (Fsp3) is 0.438. The number of aryl methyl sites for hydroxylation is 2. The number of pyridine rings is 1. The minimum Gasteiger partial charge on any atom is -0.334 e. The number of nitrogens with zero attached hydrogens (tertiary/aromatic N) is 4. The lowest BCUT2D eigenvalue weighted by Gasteiger charge is -2.04. The van der Waals surface area contributed by atoms with Gasteiger partial charge in [-0.3, -0.25) is 4.98 Å². The number of aromatic nitrogens is 5. The summed E-state index contributed by atoms with van der Waals surface area (Å²) < 4.78 is 1.98. The van der Waals surface area contributed by atoms with Gasteiger partial charge in [-0.15, -0.1) is 0 Å². The van der Waals surface area contributed by atoms with Crippen LogP contribution in [0.4, 0.5) is 0 Å². The Balaban J connectivity index is 2.03. The first kappa shape index (κ1) is 13.8. The maximum Gasteiger partial charge on any atom is 0.177 e. The van der Waals surface area contributed by atoms with Crippen LogP contribution in [0.2, 0.25) is 0 Å². The van der Waals surface area contributed by atoms with Gasteiger partial charge in [0, 0.05) is 12.7 Å². The van der Waals surface area contributed by atoms with Gasteiger partial charge < -0.3 is 4.98 Å². The molecule has 3 heterocycles. The summed E-state index contributed by atoms with van der Waals surface area (Å²) in [6.45, 7) is 9.37. The zero-order valence-electron chi connectivity index (χ0n) is 13.0. The fourth-order valence-corrected chi connectivity index (χ4v) is 2.45. The summed E-state index contributed by atoms with van der Waals surface area (Å²) >= 11 is 0. The maximum absolute atomic E-state index is 4.69. The summed E-state index contributed by atoms with van der Waals surface area (Å²) in [7, 11) is 0. The molecule has 0 aliphatic heterocycles. The summed E-state index contributed by atoms with van der Waals surface area (Å²) in [5.41, 5.74) is 5.01. The third-order valence-corrected chi connectivity index (χ3v) is 3.58. The van der Waals surface area contributed by atoms with Crippen LogP contribution in [-0.4, -0.2) is 24.7 Å². The Morgan fingerprint density at radius 3 is 2.71 bits per heavy atom. The van der Waals surface area contributed by atoms with Crippen LogP contribution in [0.5, 0.6) is 0 Å². The van der Waals surface area contributed by atoms with Crippen molar-refractivity contribution in [3.63, 3.8) is 0 Å². The fourth-order valence-electron chi connectivity index (χ4n) is 2.45. The molecule has 21 heavy (non-hydrogen) atoms. The minimum atomic E-state index is 0.537. The standard InChI is InChI=1S/C16H21N5/c1-5-12-6-7-13(17-8-12)15-18-14-11(4)20-21(9-10(2)3)16(14)19-15/h6-8,10H,5,9H2,1-4H3,(H,18,19). The van der Waals surface area contributed by atoms with Crippen LogP contribution in [-0.2, 0) is 13.0 Å². The molecule has 0 unspecified atom stereocenters. The highest BCUT2D eigenvalue weighted by molar-refractivity contribution is 5.78. The summed E-state index contributed by atoms with van der Waals surface area (Å²) in [6.07, 6.45) is 2.91. The number of imidazole rings is 1. The Labute approximate surface area is 124 Å². The Morgan fingerprint density at radius 1 is 1.29 bits per heavy atom. The van der Waals surface area contributed by atoms with Crippen LogP contribution in [0.15, 0.2) is 18.3 Å². The van der Waals surface area contributed by atoms with Crippen LogP contribution in [0.3, 0.4) is 0 Å². The number of fused-ring (bicyclic) bond motifs is 1. The maximum atomic E-state index is 4.69. The SMILES string of the molecule is CCc1ccc(-c2nc3c([nH]2)c(C)nn3CC(C)C)nc1. The van der Waals surface area contributed by atoms with Gasteiger partial charge in [0.25, 0.3) is 0 Å². The first-order valence-electron chi connectivity index (χ1n) is 7.47. The predicted octanol–water partition coefficient (Wildman–Crippen LogP) is 3.35. The molecule has 0 saturated heterocycles. The van der Waals surface area contributed by atoms with E-state index in [1.807, 2.05) is 23.9 Å². The Kier molecular flexibility index (Phi) is 3.49. The molecule has 110 valence electrons. The van der Waals surface area contributed by atoms with Crippen molar-refractivity contribution >= 4 is 11.2 Å². The largest absolute Gasteiger partial charge is 0.334 e. The third kappa shape index (κ3) is 2.55. The molecule has 0 aliphatic rings. The van der Waals surface area contributed by atoms with Crippen molar-refractivity contribution in [2.24, 2.45) is 5.92 Å². The third-order valence-electron chi connectivity index (χ3n) is 3.58. The minimum absolute atomic E-state index is 0.537. The van der Waals surface area contributed by atoms with Gasteiger partial charge in [0.2, 0.25) is 0 Å². The molecule has 1 N–H and O–H groups in total. The zero-order valence-corrected chi connectivity index (χ0v) is 13.0. The first-order valence-corrected chi connectivity index (χ1v) is 7.47. The van der Waals surface area contributed by atoms with Crippen molar-refractivity contribution in [3.05, 3.63) is 29.6 Å². The van der Waals surface area contributed by atoms with Gasteiger partial charge in [-0.2, -0.15) is 5.10 Å². The molecule has 0 aromatic carbocycles. The van der Waals surface area contributed by atoms with Crippen LogP contribution in [0.25, 0.3) is 22.7 Å². The van der Waals surface area contributed by atoms with Crippen molar-refractivity contribution in [1.82, 2.24) is 24.7 Å². The summed E-state index contributed by atoms with van der Waals surface area (Å²) in [5.74, 6) is 1.35. The summed E-state index contributed by atoms with van der Waals surface area (Å²) in [5, 5.41) is 4.55. The second-order valence-corrected chi connectivity index (χ2v) is 5.85. The monoisotopic (exact) mass is 283 g/mol. The van der Waals surface area contributed by atoms with E-state index in [4.69, 9.17) is 4.98 Å². The topological polar surface area (TPSA) is 59.4 Å². The molecule has 3 aromatic rings. The lowest BCUT2D eigenvalue weighted by Crippen LogP contribution is -2.06. The van der Waals surface area contributed by atoms with Gasteiger partial charge >= 0.3 is 0 Å². The quantitative estimate of drug-likeness (QED) is 0.798. The Hall–Kier alpha value is -2.17. The molecule has 5 heteroatoms. The van der Waals surface area contributed by atoms with Crippen molar-refractivity contribution in [1.29, 1.82) is 0 Å². The molecule has 3 aromatic heterocycles. The molecule has 0 bridgehead atoms. The van der Waals surface area contributed by atoms with E-state index in [9.17, 15) is 0 Å². The molecule has 0 spiro atoms. The van der Waals surface area contributed by atoms with Crippen LogP contribution < -0.4 is 0 Å². The molecule has 0 atom stereocenters. The summed E-state index contributed by atoms with van der Waals surface area (Å²) in [6, 6.07) is 4.12. The second-order valence-electron chi connectivity index (χ2n) is 5.85. The van der Waals surface area contributed by atoms with E-state index in [-0.39, 0.29) is 0 Å². The van der Waals surface area contributed by atoms with E-state index in [1.165, 1.54) is 5.56 Å². The molecular formula is C16H21N5. The number of hydrogen-bond acceptors (Lipinski definition) is 3.